The normalized spacial score (nSPS) is 38.9. The minimum Gasteiger partial charge on any atom is -0.462 e. The Labute approximate surface area is 217 Å². The zero-order valence-electron chi connectivity index (χ0n) is 22.5. The molecule has 0 unspecified atom stereocenters. The van der Waals surface area contributed by atoms with Crippen LogP contribution in [-0.4, -0.2) is 41.6 Å². The second kappa shape index (κ2) is 9.42. The lowest BCUT2D eigenvalue weighted by atomic mass is 9.47. The maximum Gasteiger partial charge on any atom is 0.309 e. The fourth-order valence-corrected chi connectivity index (χ4v) is 9.01. The Morgan fingerprint density at radius 1 is 1.06 bits per heavy atom. The number of pyridine rings is 1. The van der Waals surface area contributed by atoms with Crippen LogP contribution in [0.5, 0.6) is 0 Å². The van der Waals surface area contributed by atoms with Crippen LogP contribution in [-0.2, 0) is 9.53 Å². The number of aromatic nitrogens is 1. The van der Waals surface area contributed by atoms with Crippen molar-refractivity contribution >= 4 is 11.5 Å². The lowest BCUT2D eigenvalue weighted by Gasteiger charge is -2.58. The zero-order chi connectivity index (χ0) is 24.9. The van der Waals surface area contributed by atoms with Crippen LogP contribution >= 0.6 is 0 Å². The maximum atomic E-state index is 13.0. The smallest absolute Gasteiger partial charge is 0.309 e. The molecule has 1 aromatic heterocycles. The third kappa shape index (κ3) is 3.99. The van der Waals surface area contributed by atoms with Crippen molar-refractivity contribution in [3.8, 4) is 0 Å². The molecule has 1 saturated heterocycles. The number of esters is 1. The summed E-state index contributed by atoms with van der Waals surface area (Å²) in [7, 11) is 0. The van der Waals surface area contributed by atoms with E-state index in [1.165, 1.54) is 37.7 Å². The molecule has 6 atom stereocenters. The van der Waals surface area contributed by atoms with Crippen LogP contribution in [0, 0.1) is 34.5 Å². The molecule has 4 nitrogen and oxygen atoms in total. The van der Waals surface area contributed by atoms with Crippen molar-refractivity contribution < 1.29 is 9.53 Å². The number of hydrogen-bond donors (Lipinski definition) is 0. The molecule has 0 N–H and O–H groups in total. The van der Waals surface area contributed by atoms with Gasteiger partial charge in [0.25, 0.3) is 0 Å². The minimum atomic E-state index is 0.0713. The summed E-state index contributed by atoms with van der Waals surface area (Å²) in [5, 5.41) is 0. The van der Waals surface area contributed by atoms with Crippen LogP contribution in [0.1, 0.15) is 84.1 Å². The number of allylic oxidation sites excluding steroid dienone is 3. The molecule has 5 aliphatic rings. The topological polar surface area (TPSA) is 42.4 Å². The molecule has 3 fully saturated rings. The number of carbonyl (C=O) groups is 1. The van der Waals surface area contributed by atoms with Gasteiger partial charge in [-0.3, -0.25) is 9.78 Å². The van der Waals surface area contributed by atoms with Crippen LogP contribution in [0.2, 0.25) is 0 Å². The van der Waals surface area contributed by atoms with Crippen LogP contribution in [0.25, 0.3) is 5.57 Å². The van der Waals surface area contributed by atoms with E-state index in [2.05, 4.69) is 61.1 Å². The molecule has 0 radical (unpaired) electrons. The summed E-state index contributed by atoms with van der Waals surface area (Å²) in [6.07, 6.45) is 19.2. The van der Waals surface area contributed by atoms with Crippen LogP contribution in [0.3, 0.4) is 0 Å². The van der Waals surface area contributed by atoms with E-state index in [9.17, 15) is 4.79 Å². The number of rotatable bonds is 4. The number of ether oxygens (including phenoxy) is 1. The first-order chi connectivity index (χ1) is 17.4. The minimum absolute atomic E-state index is 0.0713. The Morgan fingerprint density at radius 2 is 1.86 bits per heavy atom. The molecular weight excluding hydrogens is 444 g/mol. The number of hydrogen-bond acceptors (Lipinski definition) is 4. The lowest BCUT2D eigenvalue weighted by Crippen LogP contribution is -2.50. The van der Waals surface area contributed by atoms with E-state index in [4.69, 9.17) is 4.74 Å². The Bertz CT molecular complexity index is 1040. The lowest BCUT2D eigenvalue weighted by molar-refractivity contribution is -0.158. The van der Waals surface area contributed by atoms with Crippen LogP contribution < -0.4 is 0 Å². The molecule has 2 saturated carbocycles. The van der Waals surface area contributed by atoms with E-state index >= 15 is 0 Å². The summed E-state index contributed by atoms with van der Waals surface area (Å²) in [5.74, 6) is 2.41. The first-order valence-corrected chi connectivity index (χ1v) is 14.7. The van der Waals surface area contributed by atoms with Gasteiger partial charge in [0.15, 0.2) is 0 Å². The first-order valence-electron chi connectivity index (χ1n) is 14.7. The molecule has 194 valence electrons. The summed E-state index contributed by atoms with van der Waals surface area (Å²) in [4.78, 5) is 19.8. The van der Waals surface area contributed by atoms with Gasteiger partial charge in [-0.15, -0.1) is 0 Å². The summed E-state index contributed by atoms with van der Waals surface area (Å²) >= 11 is 0. The van der Waals surface area contributed by atoms with E-state index in [1.807, 2.05) is 6.20 Å². The Kier molecular flexibility index (Phi) is 6.38. The molecule has 0 aromatic carbocycles. The molecule has 1 aromatic rings. The van der Waals surface area contributed by atoms with E-state index in [1.54, 1.807) is 11.1 Å². The van der Waals surface area contributed by atoms with Crippen molar-refractivity contribution in [1.29, 1.82) is 0 Å². The van der Waals surface area contributed by atoms with Gasteiger partial charge >= 0.3 is 5.97 Å². The van der Waals surface area contributed by atoms with Crippen molar-refractivity contribution in [3.63, 3.8) is 0 Å². The summed E-state index contributed by atoms with van der Waals surface area (Å²) in [5.41, 5.74) is 5.00. The van der Waals surface area contributed by atoms with Gasteiger partial charge in [-0.1, -0.05) is 44.6 Å². The molecule has 0 spiro atoms. The number of piperidine rings is 1. The van der Waals surface area contributed by atoms with Gasteiger partial charge in [-0.25, -0.2) is 0 Å². The molecule has 2 heterocycles. The molecular formula is C32H44N2O2. The van der Waals surface area contributed by atoms with E-state index in [0.29, 0.717) is 0 Å². The van der Waals surface area contributed by atoms with Crippen molar-refractivity contribution in [2.45, 2.75) is 84.7 Å². The second-order valence-electron chi connectivity index (χ2n) is 12.8. The standard InChI is InChI=1S/C32H44N2O2/c1-4-34-18-13-22(14-19-34)30(35)36-25-11-15-31(2)24(20-25)7-8-26-28-10-9-27(23-6-5-17-33-21-23)32(28,3)16-12-29(26)31/h5-7,9,17,21-22,25-26,28-29H,4,8,10-16,18-20H2,1-3H3/t25-,26-,28-,29-,31-,32+/m0/s1. The molecule has 1 aliphatic heterocycles. The third-order valence-electron chi connectivity index (χ3n) is 11.3. The van der Waals surface area contributed by atoms with Crippen molar-refractivity contribution in [1.82, 2.24) is 9.88 Å². The fraction of sp³-hybridized carbons (Fsp3) is 0.688. The molecule has 0 amide bonds. The molecule has 6 rings (SSSR count). The average molecular weight is 489 g/mol. The maximum absolute atomic E-state index is 13.0. The van der Waals surface area contributed by atoms with Gasteiger partial charge in [-0.05, 0) is 117 Å². The number of carbonyl (C=O) groups excluding carboxylic acids is 1. The Hall–Kier alpha value is -1.94. The monoisotopic (exact) mass is 488 g/mol. The van der Waals surface area contributed by atoms with Crippen molar-refractivity contribution in [2.24, 2.45) is 34.5 Å². The predicted molar refractivity (Wildman–Crippen MR) is 144 cm³/mol. The highest BCUT2D eigenvalue weighted by molar-refractivity contribution is 5.73. The Morgan fingerprint density at radius 3 is 2.61 bits per heavy atom. The number of nitrogens with zero attached hydrogens (tertiary/aromatic N) is 2. The average Bonchev–Trinajstić information content (AvgIpc) is 3.26. The van der Waals surface area contributed by atoms with Crippen molar-refractivity contribution in [2.75, 3.05) is 19.6 Å². The molecule has 0 bridgehead atoms. The molecule has 4 heteroatoms. The quantitative estimate of drug-likeness (QED) is 0.350. The van der Waals surface area contributed by atoms with Gasteiger partial charge in [0.2, 0.25) is 0 Å². The fourth-order valence-electron chi connectivity index (χ4n) is 9.01. The summed E-state index contributed by atoms with van der Waals surface area (Å²) < 4.78 is 6.17. The molecule has 4 aliphatic carbocycles. The first kappa shape index (κ1) is 24.4. The SMILES string of the molecule is CCN1CCC(C(=O)O[C@H]2CC[C@@]3(C)C(=CC[C@@H]4[C@@H]3CC[C@]3(C)C(c5cccnc5)=CC[C@@H]43)C2)CC1. The van der Waals surface area contributed by atoms with E-state index in [-0.39, 0.29) is 28.8 Å². The van der Waals surface area contributed by atoms with Crippen LogP contribution in [0.15, 0.2) is 42.3 Å². The van der Waals surface area contributed by atoms with Gasteiger partial charge in [-0.2, -0.15) is 0 Å². The molecule has 36 heavy (non-hydrogen) atoms. The highest BCUT2D eigenvalue weighted by Gasteiger charge is 2.57. The number of fused-ring (bicyclic) bond motifs is 5. The van der Waals surface area contributed by atoms with Crippen LogP contribution in [0.4, 0.5) is 0 Å². The summed E-state index contributed by atoms with van der Waals surface area (Å²) in [6, 6.07) is 4.32. The third-order valence-corrected chi connectivity index (χ3v) is 11.3. The van der Waals surface area contributed by atoms with Crippen molar-refractivity contribution in [3.05, 3.63) is 47.8 Å². The van der Waals surface area contributed by atoms with Gasteiger partial charge < -0.3 is 9.64 Å². The van der Waals surface area contributed by atoms with Gasteiger partial charge in [0.1, 0.15) is 6.10 Å². The highest BCUT2D eigenvalue weighted by Crippen LogP contribution is 2.66. The highest BCUT2D eigenvalue weighted by atomic mass is 16.5. The van der Waals surface area contributed by atoms with E-state index < -0.39 is 0 Å². The number of likely N-dealkylation sites (tertiary alicyclic amines) is 1. The second-order valence-corrected chi connectivity index (χ2v) is 12.8. The Balaban J connectivity index is 1.13. The summed E-state index contributed by atoms with van der Waals surface area (Å²) in [6.45, 7) is 10.4. The van der Waals surface area contributed by atoms with E-state index in [0.717, 1.165) is 63.1 Å². The largest absolute Gasteiger partial charge is 0.462 e. The predicted octanol–water partition coefficient (Wildman–Crippen LogP) is 6.68. The van der Waals surface area contributed by atoms with Gasteiger partial charge in [0, 0.05) is 18.8 Å². The van der Waals surface area contributed by atoms with Gasteiger partial charge in [0.05, 0.1) is 5.92 Å². The zero-order valence-corrected chi connectivity index (χ0v) is 22.5.